The summed E-state index contributed by atoms with van der Waals surface area (Å²) in [6.07, 6.45) is 0.716. The summed E-state index contributed by atoms with van der Waals surface area (Å²) >= 11 is 0. The molecule has 1 N–H and O–H groups in total. The zero-order valence-electron chi connectivity index (χ0n) is 13.2. The van der Waals surface area contributed by atoms with E-state index < -0.39 is 10.5 Å². The van der Waals surface area contributed by atoms with E-state index in [0.717, 1.165) is 0 Å². The lowest BCUT2D eigenvalue weighted by molar-refractivity contribution is -0.384. The fourth-order valence-electron chi connectivity index (χ4n) is 2.52. The number of nitrogens with zero attached hydrogens (tertiary/aromatic N) is 1. The Morgan fingerprint density at radius 1 is 1.16 bits per heavy atom. The second-order valence-electron chi connectivity index (χ2n) is 5.42. The number of hydrogen-bond donors (Lipinski definition) is 1. The molecule has 128 valence electrons. The van der Waals surface area contributed by atoms with Crippen LogP contribution in [0.25, 0.3) is 11.0 Å². The highest BCUT2D eigenvalue weighted by Crippen LogP contribution is 2.26. The molecule has 0 aliphatic heterocycles. The van der Waals surface area contributed by atoms with Crippen LogP contribution in [-0.2, 0) is 6.42 Å². The van der Waals surface area contributed by atoms with Gasteiger partial charge in [0.2, 0.25) is 0 Å². The van der Waals surface area contributed by atoms with Gasteiger partial charge in [-0.2, -0.15) is 0 Å². The summed E-state index contributed by atoms with van der Waals surface area (Å²) < 4.78 is 10.7. The molecule has 0 radical (unpaired) electrons. The van der Waals surface area contributed by atoms with Gasteiger partial charge in [-0.1, -0.05) is 18.2 Å². The number of aromatic hydroxyl groups is 1. The van der Waals surface area contributed by atoms with Crippen LogP contribution >= 0.6 is 0 Å². The molecule has 3 rings (SSSR count). The van der Waals surface area contributed by atoms with Gasteiger partial charge in [-0.3, -0.25) is 10.1 Å². The van der Waals surface area contributed by atoms with Crippen molar-refractivity contribution in [2.24, 2.45) is 0 Å². The number of benzene rings is 2. The second-order valence-corrected chi connectivity index (χ2v) is 5.42. The first-order chi connectivity index (χ1) is 12.1. The maximum atomic E-state index is 12.0. The summed E-state index contributed by atoms with van der Waals surface area (Å²) in [6, 6.07) is 12.6. The van der Waals surface area contributed by atoms with Gasteiger partial charge in [-0.15, -0.1) is 0 Å². The Labute approximate surface area is 142 Å². The van der Waals surface area contributed by atoms with E-state index in [2.05, 4.69) is 0 Å². The van der Waals surface area contributed by atoms with Gasteiger partial charge in [0.15, 0.2) is 0 Å². The molecule has 0 bridgehead atoms. The van der Waals surface area contributed by atoms with Gasteiger partial charge >= 0.3 is 5.63 Å². The van der Waals surface area contributed by atoms with Crippen molar-refractivity contribution >= 4 is 16.7 Å². The minimum atomic E-state index is -0.577. The van der Waals surface area contributed by atoms with Gasteiger partial charge in [0.1, 0.15) is 17.1 Å². The first-order valence-corrected chi connectivity index (χ1v) is 7.67. The monoisotopic (exact) mass is 341 g/mol. The van der Waals surface area contributed by atoms with Crippen LogP contribution in [0.5, 0.6) is 11.5 Å². The number of non-ortho nitro benzene ring substituents is 1. The summed E-state index contributed by atoms with van der Waals surface area (Å²) in [5.74, 6) is 0.297. The molecule has 0 saturated heterocycles. The molecule has 7 nitrogen and oxygen atoms in total. The number of ether oxygens (including phenoxy) is 1. The van der Waals surface area contributed by atoms with Gasteiger partial charge in [0.05, 0.1) is 28.5 Å². The molecule has 0 aliphatic rings. The van der Waals surface area contributed by atoms with Gasteiger partial charge in [0, 0.05) is 6.07 Å². The highest BCUT2D eigenvalue weighted by molar-refractivity contribution is 5.83. The molecule has 25 heavy (non-hydrogen) atoms. The van der Waals surface area contributed by atoms with Crippen molar-refractivity contribution in [3.63, 3.8) is 0 Å². The highest BCUT2D eigenvalue weighted by Gasteiger charge is 2.13. The van der Waals surface area contributed by atoms with Crippen LogP contribution in [0.4, 0.5) is 5.69 Å². The Bertz CT molecular complexity index is 979. The highest BCUT2D eigenvalue weighted by atomic mass is 16.6. The zero-order chi connectivity index (χ0) is 17.8. The van der Waals surface area contributed by atoms with Gasteiger partial charge in [0.25, 0.3) is 5.69 Å². The van der Waals surface area contributed by atoms with Crippen LogP contribution in [0.2, 0.25) is 0 Å². The van der Waals surface area contributed by atoms with Crippen molar-refractivity contribution < 1.29 is 19.2 Å². The van der Waals surface area contributed by atoms with Crippen molar-refractivity contribution in [1.29, 1.82) is 0 Å². The first-order valence-electron chi connectivity index (χ1n) is 7.67. The van der Waals surface area contributed by atoms with E-state index in [1.165, 1.54) is 18.2 Å². The molecule has 0 aliphatic carbocycles. The second kappa shape index (κ2) is 7.04. The average molecular weight is 341 g/mol. The van der Waals surface area contributed by atoms with Crippen molar-refractivity contribution in [1.82, 2.24) is 0 Å². The van der Waals surface area contributed by atoms with Crippen LogP contribution in [0.3, 0.4) is 0 Å². The molecule has 0 fully saturated rings. The molecular formula is C18H15NO6. The third kappa shape index (κ3) is 3.60. The molecular weight excluding hydrogens is 326 g/mol. The topological polar surface area (TPSA) is 103 Å². The molecule has 0 spiro atoms. The molecule has 0 atom stereocenters. The number of nitro benzene ring substituents is 1. The Morgan fingerprint density at radius 2 is 1.96 bits per heavy atom. The summed E-state index contributed by atoms with van der Waals surface area (Å²) in [5, 5.41) is 21.5. The molecule has 1 aromatic heterocycles. The number of hydrogen-bond acceptors (Lipinski definition) is 6. The lowest BCUT2D eigenvalue weighted by Gasteiger charge is -2.08. The van der Waals surface area contributed by atoms with E-state index in [1.807, 2.05) is 0 Å². The zero-order valence-corrected chi connectivity index (χ0v) is 13.2. The average Bonchev–Trinajstić information content (AvgIpc) is 2.61. The van der Waals surface area contributed by atoms with E-state index in [9.17, 15) is 20.0 Å². The van der Waals surface area contributed by atoms with Crippen LogP contribution in [-0.4, -0.2) is 16.6 Å². The summed E-state index contributed by atoms with van der Waals surface area (Å²) in [6.45, 7) is 0.243. The van der Waals surface area contributed by atoms with Gasteiger partial charge in [-0.05, 0) is 31.0 Å². The smallest absolute Gasteiger partial charge is 0.343 e. The van der Waals surface area contributed by atoms with Crippen LogP contribution in [0, 0.1) is 10.1 Å². The van der Waals surface area contributed by atoms with E-state index >= 15 is 0 Å². The molecule has 7 heteroatoms. The first kappa shape index (κ1) is 16.5. The minimum absolute atomic E-state index is 0.0506. The fourth-order valence-corrected chi connectivity index (χ4v) is 2.52. The Morgan fingerprint density at radius 3 is 2.76 bits per heavy atom. The van der Waals surface area contributed by atoms with Crippen LogP contribution < -0.4 is 10.4 Å². The largest absolute Gasteiger partial charge is 0.507 e. The Hall–Kier alpha value is -3.35. The third-order valence-corrected chi connectivity index (χ3v) is 3.75. The van der Waals surface area contributed by atoms with Crippen molar-refractivity contribution in [2.75, 3.05) is 6.61 Å². The van der Waals surface area contributed by atoms with Crippen LogP contribution in [0.1, 0.15) is 12.0 Å². The van der Waals surface area contributed by atoms with Crippen LogP contribution in [0.15, 0.2) is 57.7 Å². The van der Waals surface area contributed by atoms with E-state index in [-0.39, 0.29) is 30.0 Å². The van der Waals surface area contributed by atoms with E-state index in [4.69, 9.17) is 9.15 Å². The van der Waals surface area contributed by atoms with E-state index in [0.29, 0.717) is 23.1 Å². The lowest BCUT2D eigenvalue weighted by Crippen LogP contribution is -2.10. The third-order valence-electron chi connectivity index (χ3n) is 3.75. The molecule has 1 heterocycles. The summed E-state index contributed by atoms with van der Waals surface area (Å²) in [4.78, 5) is 22.2. The standard InChI is InChI=1S/C18H15NO6/c20-17-14-7-1-2-9-16(14)25-18(21)15(17)8-4-10-24-13-6-3-5-12(11-13)19(22)23/h1-3,5-7,9,11,20H,4,8,10H2. The number of nitro groups is 1. The predicted molar refractivity (Wildman–Crippen MR) is 91.1 cm³/mol. The summed E-state index contributed by atoms with van der Waals surface area (Å²) in [7, 11) is 0. The Kier molecular flexibility index (Phi) is 4.65. The SMILES string of the molecule is O=c1oc2ccccc2c(O)c1CCCOc1cccc([N+](=O)[O-])c1. The molecule has 0 saturated carbocycles. The van der Waals surface area contributed by atoms with Crippen molar-refractivity contribution in [3.8, 4) is 11.5 Å². The number of rotatable bonds is 6. The van der Waals surface area contributed by atoms with Gasteiger partial charge in [-0.25, -0.2) is 4.79 Å². The molecule has 3 aromatic rings. The molecule has 2 aromatic carbocycles. The van der Waals surface area contributed by atoms with Gasteiger partial charge < -0.3 is 14.3 Å². The molecule has 0 unspecified atom stereocenters. The maximum Gasteiger partial charge on any atom is 0.343 e. The minimum Gasteiger partial charge on any atom is -0.507 e. The Balaban J connectivity index is 1.67. The van der Waals surface area contributed by atoms with Crippen molar-refractivity contribution in [3.05, 3.63) is 74.6 Å². The number of fused-ring (bicyclic) bond motifs is 1. The molecule has 0 amide bonds. The van der Waals surface area contributed by atoms with Crippen molar-refractivity contribution in [2.45, 2.75) is 12.8 Å². The quantitative estimate of drug-likeness (QED) is 0.319. The predicted octanol–water partition coefficient (Wildman–Crippen LogP) is 3.42. The summed E-state index contributed by atoms with van der Waals surface area (Å²) in [5.41, 5.74) is -0.0974. The lowest BCUT2D eigenvalue weighted by atomic mass is 10.1. The van der Waals surface area contributed by atoms with E-state index in [1.54, 1.807) is 30.3 Å². The fraction of sp³-hybridized carbons (Fsp3) is 0.167. The number of para-hydroxylation sites is 1. The normalized spacial score (nSPS) is 10.7. The maximum absolute atomic E-state index is 12.0.